The third kappa shape index (κ3) is 4.00. The Balaban J connectivity index is 2.00. The molecule has 1 nitrogen and oxygen atoms in total. The Kier molecular flexibility index (Phi) is 5.52. The summed E-state index contributed by atoms with van der Waals surface area (Å²) in [5.74, 6) is 1.65. The number of halogens is 1. The third-order valence-corrected chi connectivity index (χ3v) is 4.40. The molecule has 1 unspecified atom stereocenters. The molecule has 100 valence electrons. The zero-order valence-corrected chi connectivity index (χ0v) is 12.0. The van der Waals surface area contributed by atoms with Crippen LogP contribution in [0.3, 0.4) is 0 Å². The van der Waals surface area contributed by atoms with Crippen molar-refractivity contribution in [1.29, 1.82) is 0 Å². The lowest BCUT2D eigenvalue weighted by Gasteiger charge is -2.30. The minimum Gasteiger partial charge on any atom is -0.319 e. The molecule has 1 aliphatic carbocycles. The van der Waals surface area contributed by atoms with E-state index in [9.17, 15) is 0 Å². The first-order valence-electron chi connectivity index (χ1n) is 7.18. The topological polar surface area (TPSA) is 12.0 Å². The van der Waals surface area contributed by atoms with Crippen LogP contribution in [-0.2, 0) is 6.42 Å². The number of rotatable bonds is 5. The molecule has 2 heteroatoms. The van der Waals surface area contributed by atoms with Gasteiger partial charge in [-0.1, -0.05) is 55.8 Å². The van der Waals surface area contributed by atoms with Crippen LogP contribution in [0.1, 0.15) is 37.7 Å². The van der Waals surface area contributed by atoms with Gasteiger partial charge in [0, 0.05) is 5.02 Å². The van der Waals surface area contributed by atoms with E-state index in [4.69, 9.17) is 11.6 Å². The van der Waals surface area contributed by atoms with Crippen LogP contribution in [0.25, 0.3) is 0 Å². The van der Waals surface area contributed by atoms with Crippen molar-refractivity contribution in [2.45, 2.75) is 38.5 Å². The van der Waals surface area contributed by atoms with Crippen LogP contribution >= 0.6 is 11.6 Å². The highest BCUT2D eigenvalue weighted by molar-refractivity contribution is 6.30. The molecule has 18 heavy (non-hydrogen) atoms. The lowest BCUT2D eigenvalue weighted by Crippen LogP contribution is -2.29. The molecule has 0 radical (unpaired) electrons. The zero-order valence-electron chi connectivity index (χ0n) is 11.3. The molecule has 2 rings (SSSR count). The van der Waals surface area contributed by atoms with Crippen molar-refractivity contribution < 1.29 is 0 Å². The second-order valence-corrected chi connectivity index (χ2v) is 5.99. The SMILES string of the molecule is CNCC(Cc1cccc(Cl)c1)C1CCCCC1. The fraction of sp³-hybridized carbons (Fsp3) is 0.625. The molecule has 1 aromatic carbocycles. The predicted octanol–water partition coefficient (Wildman–Crippen LogP) is 4.30. The van der Waals surface area contributed by atoms with E-state index in [1.807, 2.05) is 6.07 Å². The Bertz CT molecular complexity index is 358. The fourth-order valence-electron chi connectivity index (χ4n) is 3.24. The van der Waals surface area contributed by atoms with Gasteiger partial charge >= 0.3 is 0 Å². The van der Waals surface area contributed by atoms with E-state index in [0.29, 0.717) is 0 Å². The van der Waals surface area contributed by atoms with Crippen LogP contribution in [0.4, 0.5) is 0 Å². The Morgan fingerprint density at radius 1 is 1.28 bits per heavy atom. The van der Waals surface area contributed by atoms with E-state index in [-0.39, 0.29) is 0 Å². The first-order chi connectivity index (χ1) is 8.79. The van der Waals surface area contributed by atoms with Crippen LogP contribution in [0.5, 0.6) is 0 Å². The summed E-state index contributed by atoms with van der Waals surface area (Å²) in [7, 11) is 2.06. The van der Waals surface area contributed by atoms with Crippen LogP contribution in [0, 0.1) is 11.8 Å². The summed E-state index contributed by atoms with van der Waals surface area (Å²) >= 11 is 6.08. The largest absolute Gasteiger partial charge is 0.319 e. The average molecular weight is 266 g/mol. The lowest BCUT2D eigenvalue weighted by atomic mass is 9.77. The van der Waals surface area contributed by atoms with E-state index in [1.165, 1.54) is 37.7 Å². The molecule has 1 atom stereocenters. The summed E-state index contributed by atoms with van der Waals surface area (Å²) < 4.78 is 0. The van der Waals surface area contributed by atoms with Gasteiger partial charge in [-0.3, -0.25) is 0 Å². The standard InChI is InChI=1S/C16H24ClN/c1-18-12-15(14-7-3-2-4-8-14)10-13-6-5-9-16(17)11-13/h5-6,9,11,14-15,18H,2-4,7-8,10,12H2,1H3. The van der Waals surface area contributed by atoms with E-state index >= 15 is 0 Å². The van der Waals surface area contributed by atoms with Crippen molar-refractivity contribution in [2.75, 3.05) is 13.6 Å². The Morgan fingerprint density at radius 3 is 2.72 bits per heavy atom. The number of hydrogen-bond donors (Lipinski definition) is 1. The zero-order chi connectivity index (χ0) is 12.8. The maximum atomic E-state index is 6.08. The van der Waals surface area contributed by atoms with Crippen molar-refractivity contribution in [1.82, 2.24) is 5.32 Å². The number of hydrogen-bond acceptors (Lipinski definition) is 1. The Labute approximate surface area is 116 Å². The molecule has 0 amide bonds. The van der Waals surface area contributed by atoms with E-state index in [1.54, 1.807) is 0 Å². The van der Waals surface area contributed by atoms with Crippen molar-refractivity contribution in [2.24, 2.45) is 11.8 Å². The molecule has 0 aliphatic heterocycles. The molecule has 0 spiro atoms. The van der Waals surface area contributed by atoms with Crippen molar-refractivity contribution in [3.8, 4) is 0 Å². The Hall–Kier alpha value is -0.530. The van der Waals surface area contributed by atoms with Gasteiger partial charge in [0.05, 0.1) is 0 Å². The first-order valence-corrected chi connectivity index (χ1v) is 7.56. The van der Waals surface area contributed by atoms with Gasteiger partial charge in [-0.2, -0.15) is 0 Å². The average Bonchev–Trinajstić information content (AvgIpc) is 2.39. The highest BCUT2D eigenvalue weighted by Crippen LogP contribution is 2.32. The van der Waals surface area contributed by atoms with E-state index in [2.05, 4.69) is 30.6 Å². The van der Waals surface area contributed by atoms with Gasteiger partial charge < -0.3 is 5.32 Å². The predicted molar refractivity (Wildman–Crippen MR) is 79.1 cm³/mol. The van der Waals surface area contributed by atoms with Crippen LogP contribution in [-0.4, -0.2) is 13.6 Å². The second-order valence-electron chi connectivity index (χ2n) is 5.55. The Morgan fingerprint density at radius 2 is 2.06 bits per heavy atom. The van der Waals surface area contributed by atoms with Gasteiger partial charge in [0.1, 0.15) is 0 Å². The quantitative estimate of drug-likeness (QED) is 0.837. The van der Waals surface area contributed by atoms with E-state index in [0.717, 1.165) is 29.8 Å². The fourth-order valence-corrected chi connectivity index (χ4v) is 3.45. The summed E-state index contributed by atoms with van der Waals surface area (Å²) in [4.78, 5) is 0. The van der Waals surface area contributed by atoms with Gasteiger partial charge in [-0.25, -0.2) is 0 Å². The van der Waals surface area contributed by atoms with Crippen LogP contribution in [0.15, 0.2) is 24.3 Å². The summed E-state index contributed by atoms with van der Waals surface area (Å²) in [6.07, 6.45) is 8.24. The number of nitrogens with one attached hydrogen (secondary N) is 1. The van der Waals surface area contributed by atoms with Crippen molar-refractivity contribution in [3.63, 3.8) is 0 Å². The maximum absolute atomic E-state index is 6.08. The minimum absolute atomic E-state index is 0.758. The highest BCUT2D eigenvalue weighted by atomic mass is 35.5. The minimum atomic E-state index is 0.758. The van der Waals surface area contributed by atoms with Gasteiger partial charge in [-0.05, 0) is 49.5 Å². The van der Waals surface area contributed by atoms with Crippen LogP contribution in [0.2, 0.25) is 5.02 Å². The summed E-state index contributed by atoms with van der Waals surface area (Å²) in [5, 5.41) is 4.23. The smallest absolute Gasteiger partial charge is 0.0408 e. The summed E-state index contributed by atoms with van der Waals surface area (Å²) in [6, 6.07) is 8.35. The molecular weight excluding hydrogens is 242 g/mol. The van der Waals surface area contributed by atoms with Gasteiger partial charge in [0.25, 0.3) is 0 Å². The van der Waals surface area contributed by atoms with E-state index < -0.39 is 0 Å². The molecule has 1 aromatic rings. The summed E-state index contributed by atoms with van der Waals surface area (Å²) in [6.45, 7) is 1.12. The number of benzene rings is 1. The lowest BCUT2D eigenvalue weighted by molar-refractivity contribution is 0.243. The van der Waals surface area contributed by atoms with Gasteiger partial charge in [0.15, 0.2) is 0 Å². The molecule has 1 saturated carbocycles. The van der Waals surface area contributed by atoms with Crippen LogP contribution < -0.4 is 5.32 Å². The summed E-state index contributed by atoms with van der Waals surface area (Å²) in [5.41, 5.74) is 1.38. The highest BCUT2D eigenvalue weighted by Gasteiger charge is 2.23. The molecule has 0 bridgehead atoms. The molecule has 0 aromatic heterocycles. The molecule has 1 N–H and O–H groups in total. The van der Waals surface area contributed by atoms with Gasteiger partial charge in [0.2, 0.25) is 0 Å². The third-order valence-electron chi connectivity index (χ3n) is 4.17. The molecule has 1 fully saturated rings. The normalized spacial score (nSPS) is 18.8. The van der Waals surface area contributed by atoms with Crippen molar-refractivity contribution >= 4 is 11.6 Å². The molecule has 0 saturated heterocycles. The molecular formula is C16H24ClN. The van der Waals surface area contributed by atoms with Crippen molar-refractivity contribution in [3.05, 3.63) is 34.9 Å². The maximum Gasteiger partial charge on any atom is 0.0408 e. The second kappa shape index (κ2) is 7.16. The first kappa shape index (κ1) is 13.9. The monoisotopic (exact) mass is 265 g/mol. The molecule has 0 heterocycles. The molecule has 1 aliphatic rings. The van der Waals surface area contributed by atoms with Gasteiger partial charge in [-0.15, -0.1) is 0 Å².